The van der Waals surface area contributed by atoms with Crippen molar-refractivity contribution in [3.63, 3.8) is 0 Å². The zero-order valence-corrected chi connectivity index (χ0v) is 11.0. The number of carboxylic acid groups (broad SMARTS) is 1. The fraction of sp³-hybridized carbons (Fsp3) is 0.182. The van der Waals surface area contributed by atoms with E-state index in [1.165, 1.54) is 13.3 Å². The lowest BCUT2D eigenvalue weighted by molar-refractivity contribution is 0.0697. The van der Waals surface area contributed by atoms with E-state index in [0.29, 0.717) is 21.4 Å². The maximum absolute atomic E-state index is 11.1. The Kier molecular flexibility index (Phi) is 3.90. The van der Waals surface area contributed by atoms with Gasteiger partial charge in [-0.3, -0.25) is 4.98 Å². The molecule has 1 N–H and O–H groups in total. The highest BCUT2D eigenvalue weighted by molar-refractivity contribution is 7.17. The number of hydrogen-bond donors (Lipinski definition) is 1. The number of rotatable bonds is 4. The maximum Gasteiger partial charge on any atom is 0.347 e. The third-order valence-corrected chi connectivity index (χ3v) is 3.45. The molecule has 5 nitrogen and oxygen atoms in total. The summed E-state index contributed by atoms with van der Waals surface area (Å²) < 4.78 is 4.93. The third kappa shape index (κ3) is 2.66. The monoisotopic (exact) mass is 284 g/mol. The predicted octanol–water partition coefficient (Wildman–Crippen LogP) is 2.70. The molecule has 0 aliphatic rings. The minimum absolute atomic E-state index is 0.158. The molecule has 0 atom stereocenters. The summed E-state index contributed by atoms with van der Waals surface area (Å²) in [5, 5.41) is 10.1. The van der Waals surface area contributed by atoms with Crippen LogP contribution in [0.3, 0.4) is 0 Å². The summed E-state index contributed by atoms with van der Waals surface area (Å²) in [6.07, 6.45) is 1.49. The Labute approximate surface area is 112 Å². The molecule has 2 aromatic rings. The molecular formula is C11H9ClN2O3S. The number of pyridine rings is 1. The molecule has 0 amide bonds. The summed E-state index contributed by atoms with van der Waals surface area (Å²) in [6.45, 7) is 0.158. The zero-order valence-electron chi connectivity index (χ0n) is 9.38. The lowest BCUT2D eigenvalue weighted by Gasteiger charge is -1.95. The SMILES string of the molecule is COCc1nc(-c2ccc(Cl)cn2)sc1C(=O)O. The van der Waals surface area contributed by atoms with E-state index in [0.717, 1.165) is 11.3 Å². The largest absolute Gasteiger partial charge is 0.477 e. The summed E-state index contributed by atoms with van der Waals surface area (Å²) in [5.41, 5.74) is 0.996. The van der Waals surface area contributed by atoms with Gasteiger partial charge in [0.2, 0.25) is 0 Å². The lowest BCUT2D eigenvalue weighted by Crippen LogP contribution is -1.99. The molecule has 0 bridgehead atoms. The first kappa shape index (κ1) is 12.9. The van der Waals surface area contributed by atoms with Crippen molar-refractivity contribution in [2.75, 3.05) is 7.11 Å². The summed E-state index contributed by atoms with van der Waals surface area (Å²) in [5.74, 6) is -1.01. The van der Waals surface area contributed by atoms with Crippen molar-refractivity contribution in [2.24, 2.45) is 0 Å². The van der Waals surface area contributed by atoms with Gasteiger partial charge in [-0.15, -0.1) is 11.3 Å². The molecule has 0 unspecified atom stereocenters. The number of methoxy groups -OCH3 is 1. The van der Waals surface area contributed by atoms with Crippen molar-refractivity contribution < 1.29 is 14.6 Å². The smallest absolute Gasteiger partial charge is 0.347 e. The maximum atomic E-state index is 11.1. The number of carbonyl (C=O) groups is 1. The van der Waals surface area contributed by atoms with E-state index in [9.17, 15) is 4.79 Å². The minimum atomic E-state index is -1.01. The van der Waals surface area contributed by atoms with Crippen molar-refractivity contribution in [1.82, 2.24) is 9.97 Å². The van der Waals surface area contributed by atoms with E-state index in [2.05, 4.69) is 9.97 Å². The van der Waals surface area contributed by atoms with Crippen molar-refractivity contribution in [3.05, 3.63) is 33.9 Å². The highest BCUT2D eigenvalue weighted by Gasteiger charge is 2.18. The van der Waals surface area contributed by atoms with Gasteiger partial charge in [0.05, 0.1) is 23.0 Å². The quantitative estimate of drug-likeness (QED) is 0.934. The number of nitrogens with zero attached hydrogens (tertiary/aromatic N) is 2. The van der Waals surface area contributed by atoms with Crippen LogP contribution in [-0.2, 0) is 11.3 Å². The van der Waals surface area contributed by atoms with Gasteiger partial charge in [0.25, 0.3) is 0 Å². The molecule has 2 aromatic heterocycles. The number of hydrogen-bond acceptors (Lipinski definition) is 5. The first-order chi connectivity index (χ1) is 8.61. The predicted molar refractivity (Wildman–Crippen MR) is 68.0 cm³/mol. The van der Waals surface area contributed by atoms with Gasteiger partial charge in [-0.05, 0) is 12.1 Å². The molecule has 0 aliphatic carbocycles. The molecule has 0 radical (unpaired) electrons. The van der Waals surface area contributed by atoms with Gasteiger partial charge in [0.15, 0.2) is 0 Å². The summed E-state index contributed by atoms with van der Waals surface area (Å²) in [6, 6.07) is 3.38. The highest BCUT2D eigenvalue weighted by Crippen LogP contribution is 2.27. The Morgan fingerprint density at radius 2 is 2.33 bits per heavy atom. The molecule has 2 rings (SSSR count). The van der Waals surface area contributed by atoms with Crippen LogP contribution in [0.15, 0.2) is 18.3 Å². The topological polar surface area (TPSA) is 72.3 Å². The van der Waals surface area contributed by atoms with E-state index < -0.39 is 5.97 Å². The lowest BCUT2D eigenvalue weighted by atomic mass is 10.3. The zero-order chi connectivity index (χ0) is 13.1. The summed E-state index contributed by atoms with van der Waals surface area (Å²) in [4.78, 5) is 19.6. The van der Waals surface area contributed by atoms with Gasteiger partial charge in [-0.2, -0.15) is 0 Å². The normalized spacial score (nSPS) is 10.6. The van der Waals surface area contributed by atoms with Crippen molar-refractivity contribution in [2.45, 2.75) is 6.61 Å². The van der Waals surface area contributed by atoms with Crippen LogP contribution < -0.4 is 0 Å². The van der Waals surface area contributed by atoms with Gasteiger partial charge in [0, 0.05) is 13.3 Å². The fourth-order valence-electron chi connectivity index (χ4n) is 1.37. The Bertz CT molecular complexity index is 568. The number of halogens is 1. The van der Waals surface area contributed by atoms with E-state index in [4.69, 9.17) is 21.4 Å². The molecule has 0 spiro atoms. The van der Waals surface area contributed by atoms with Crippen LogP contribution in [0.25, 0.3) is 10.7 Å². The van der Waals surface area contributed by atoms with E-state index in [1.807, 2.05) is 0 Å². The Morgan fingerprint density at radius 1 is 1.56 bits per heavy atom. The summed E-state index contributed by atoms with van der Waals surface area (Å²) >= 11 is 6.81. The molecule has 0 saturated heterocycles. The molecule has 0 aliphatic heterocycles. The van der Waals surface area contributed by atoms with Crippen molar-refractivity contribution >= 4 is 28.9 Å². The number of aromatic nitrogens is 2. The minimum Gasteiger partial charge on any atom is -0.477 e. The number of carboxylic acids is 1. The number of ether oxygens (including phenoxy) is 1. The van der Waals surface area contributed by atoms with E-state index in [-0.39, 0.29) is 11.5 Å². The Hall–Kier alpha value is -1.50. The van der Waals surface area contributed by atoms with Gasteiger partial charge in [-0.25, -0.2) is 9.78 Å². The molecule has 2 heterocycles. The van der Waals surface area contributed by atoms with Gasteiger partial charge in [-0.1, -0.05) is 11.6 Å². The second kappa shape index (κ2) is 5.43. The molecule has 0 aromatic carbocycles. The van der Waals surface area contributed by atoms with E-state index >= 15 is 0 Å². The van der Waals surface area contributed by atoms with Gasteiger partial charge < -0.3 is 9.84 Å². The number of thiazole rings is 1. The first-order valence-electron chi connectivity index (χ1n) is 4.95. The van der Waals surface area contributed by atoms with Crippen LogP contribution in [0, 0.1) is 0 Å². The van der Waals surface area contributed by atoms with Gasteiger partial charge in [0.1, 0.15) is 9.88 Å². The van der Waals surface area contributed by atoms with Crippen molar-refractivity contribution in [1.29, 1.82) is 0 Å². The fourth-order valence-corrected chi connectivity index (χ4v) is 2.36. The molecule has 94 valence electrons. The number of aromatic carboxylic acids is 1. The summed E-state index contributed by atoms with van der Waals surface area (Å²) in [7, 11) is 1.49. The Balaban J connectivity index is 2.42. The average Bonchev–Trinajstić information content (AvgIpc) is 2.75. The standard InChI is InChI=1S/C11H9ClN2O3S/c1-17-5-8-9(11(15)16)18-10(14-8)7-3-2-6(12)4-13-7/h2-4H,5H2,1H3,(H,15,16). The third-order valence-electron chi connectivity index (χ3n) is 2.12. The van der Waals surface area contributed by atoms with Crippen LogP contribution in [0.4, 0.5) is 0 Å². The Morgan fingerprint density at radius 3 is 2.89 bits per heavy atom. The highest BCUT2D eigenvalue weighted by atomic mass is 35.5. The molecule has 7 heteroatoms. The average molecular weight is 285 g/mol. The van der Waals surface area contributed by atoms with Crippen LogP contribution in [0.2, 0.25) is 5.02 Å². The van der Waals surface area contributed by atoms with Crippen molar-refractivity contribution in [3.8, 4) is 10.7 Å². The molecular weight excluding hydrogens is 276 g/mol. The van der Waals surface area contributed by atoms with Crippen LogP contribution in [0.5, 0.6) is 0 Å². The second-order valence-corrected chi connectivity index (χ2v) is 4.83. The van der Waals surface area contributed by atoms with Gasteiger partial charge >= 0.3 is 5.97 Å². The molecule has 0 fully saturated rings. The molecule has 18 heavy (non-hydrogen) atoms. The second-order valence-electron chi connectivity index (χ2n) is 3.39. The van der Waals surface area contributed by atoms with Crippen LogP contribution in [0.1, 0.15) is 15.4 Å². The first-order valence-corrected chi connectivity index (χ1v) is 6.15. The molecule has 0 saturated carbocycles. The van der Waals surface area contributed by atoms with Crippen LogP contribution >= 0.6 is 22.9 Å². The van der Waals surface area contributed by atoms with E-state index in [1.54, 1.807) is 12.1 Å². The van der Waals surface area contributed by atoms with Crippen LogP contribution in [-0.4, -0.2) is 28.2 Å².